The number of imide groups is 1. The van der Waals surface area contributed by atoms with E-state index in [1.165, 1.54) is 9.21 Å². The molecule has 14 nitrogen and oxygen atoms in total. The lowest BCUT2D eigenvalue weighted by atomic mass is 9.88. The number of hydrogen-bond donors (Lipinski definition) is 2. The van der Waals surface area contributed by atoms with Gasteiger partial charge in [-0.25, -0.2) is 23.2 Å². The Morgan fingerprint density at radius 3 is 2.18 bits per heavy atom. The van der Waals surface area contributed by atoms with Crippen LogP contribution in [0.1, 0.15) is 62.0 Å². The van der Waals surface area contributed by atoms with Crippen molar-refractivity contribution in [2.75, 3.05) is 67.5 Å². The molecule has 4 fully saturated rings. The van der Waals surface area contributed by atoms with Crippen molar-refractivity contribution in [3.63, 3.8) is 0 Å². The largest absolute Gasteiger partial charge is 0.419 e. The SMILES string of the molecule is O=C1CCN(c2nn(CC(F)(F)F)c3cc(C4CCN(CC5CCN(c6cccc(S(=O)(=O)N7CCC(Nc8ncc(C(F)(F)F)cn8)CC7)c6)CC5)CC4)ccc23)C(=O)N1. The molecule has 0 bridgehead atoms. The molecule has 4 saturated heterocycles. The molecule has 61 heavy (non-hydrogen) atoms. The molecule has 8 rings (SSSR count). The number of carbonyl (C=O) groups is 2. The van der Waals surface area contributed by atoms with E-state index in [1.807, 2.05) is 12.1 Å². The third-order valence-electron chi connectivity index (χ3n) is 12.2. The van der Waals surface area contributed by atoms with Crippen LogP contribution in [0.5, 0.6) is 0 Å². The van der Waals surface area contributed by atoms with E-state index in [2.05, 4.69) is 35.5 Å². The van der Waals surface area contributed by atoms with Crippen molar-refractivity contribution in [3.05, 3.63) is 66.0 Å². The Labute approximate surface area is 348 Å². The second kappa shape index (κ2) is 17.0. The van der Waals surface area contributed by atoms with Crippen LogP contribution in [-0.2, 0) is 27.5 Å². The summed E-state index contributed by atoms with van der Waals surface area (Å²) in [5.74, 6) is 0.308. The highest BCUT2D eigenvalue weighted by atomic mass is 32.2. The maximum Gasteiger partial charge on any atom is 0.419 e. The number of alkyl halides is 6. The molecule has 0 radical (unpaired) electrons. The van der Waals surface area contributed by atoms with Gasteiger partial charge in [0.25, 0.3) is 0 Å². The normalized spacial score (nSPS) is 20.1. The molecule has 21 heteroatoms. The van der Waals surface area contributed by atoms with E-state index in [0.717, 1.165) is 86.7 Å². The number of benzene rings is 2. The van der Waals surface area contributed by atoms with Gasteiger partial charge < -0.3 is 15.1 Å². The van der Waals surface area contributed by atoms with Crippen molar-refractivity contribution in [3.8, 4) is 0 Å². The van der Waals surface area contributed by atoms with Crippen molar-refractivity contribution in [2.45, 2.75) is 80.7 Å². The molecular weight excluding hydrogens is 831 g/mol. The first-order valence-electron chi connectivity index (χ1n) is 20.4. The average Bonchev–Trinajstić information content (AvgIpc) is 3.57. The van der Waals surface area contributed by atoms with Crippen molar-refractivity contribution in [1.29, 1.82) is 0 Å². The van der Waals surface area contributed by atoms with Crippen molar-refractivity contribution in [1.82, 2.24) is 34.3 Å². The molecule has 2 aromatic carbocycles. The highest BCUT2D eigenvalue weighted by molar-refractivity contribution is 7.89. The summed E-state index contributed by atoms with van der Waals surface area (Å²) < 4.78 is 109. The van der Waals surface area contributed by atoms with Crippen LogP contribution in [-0.4, -0.2) is 114 Å². The van der Waals surface area contributed by atoms with Gasteiger partial charge >= 0.3 is 18.4 Å². The lowest BCUT2D eigenvalue weighted by Gasteiger charge is -2.38. The standard InChI is InChI=1S/C40H46F6N10O4S/c41-39(42,43)25-56-34-20-28(4-5-33(34)36(51-56)55-19-12-35(57)50-38(55)58)27-8-13-52(14-9-27)24-26-6-15-53(16-7-26)31-2-1-3-32(21-31)61(59,60)54-17-10-30(11-18-54)49-37-47-22-29(23-48-37)40(44,45)46/h1-5,20-23,26-27,30H,6-19,24-25H2,(H,47,48,49)(H,50,57,58). The summed E-state index contributed by atoms with van der Waals surface area (Å²) in [7, 11) is -3.78. The van der Waals surface area contributed by atoms with Crippen LogP contribution < -0.4 is 20.4 Å². The number of anilines is 3. The van der Waals surface area contributed by atoms with Gasteiger partial charge in [-0.2, -0.15) is 35.7 Å². The summed E-state index contributed by atoms with van der Waals surface area (Å²) in [6.45, 7) is 3.35. The summed E-state index contributed by atoms with van der Waals surface area (Å²) in [6, 6.07) is 11.5. The Kier molecular flexibility index (Phi) is 11.9. The van der Waals surface area contributed by atoms with Crippen molar-refractivity contribution >= 4 is 50.3 Å². The van der Waals surface area contributed by atoms with E-state index in [0.29, 0.717) is 24.1 Å². The number of sulfonamides is 1. The first-order valence-corrected chi connectivity index (χ1v) is 21.9. The smallest absolute Gasteiger partial charge is 0.371 e. The molecule has 6 heterocycles. The third-order valence-corrected chi connectivity index (χ3v) is 14.1. The Morgan fingerprint density at radius 2 is 1.52 bits per heavy atom. The molecule has 0 aliphatic carbocycles. The Morgan fingerprint density at radius 1 is 0.820 bits per heavy atom. The van der Waals surface area contributed by atoms with Gasteiger partial charge in [-0.1, -0.05) is 12.1 Å². The van der Waals surface area contributed by atoms with Gasteiger partial charge in [0.2, 0.25) is 21.9 Å². The fourth-order valence-corrected chi connectivity index (χ4v) is 10.3. The maximum absolute atomic E-state index is 13.7. The lowest BCUT2D eigenvalue weighted by molar-refractivity contribution is -0.142. The van der Waals surface area contributed by atoms with Gasteiger partial charge in [-0.15, -0.1) is 0 Å². The van der Waals surface area contributed by atoms with E-state index >= 15 is 0 Å². The van der Waals surface area contributed by atoms with Gasteiger partial charge in [0.05, 0.1) is 16.0 Å². The van der Waals surface area contributed by atoms with Crippen LogP contribution >= 0.6 is 0 Å². The quantitative estimate of drug-likeness (QED) is 0.176. The first-order chi connectivity index (χ1) is 29.0. The number of nitrogens with zero attached hydrogens (tertiary/aromatic N) is 8. The number of piperidine rings is 3. The highest BCUT2D eigenvalue weighted by Crippen LogP contribution is 2.36. The maximum atomic E-state index is 13.7. The molecule has 4 aromatic rings. The predicted octanol–water partition coefficient (Wildman–Crippen LogP) is 6.21. The Balaban J connectivity index is 0.821. The van der Waals surface area contributed by atoms with Gasteiger partial charge in [0.1, 0.15) is 6.54 Å². The number of amides is 3. The van der Waals surface area contributed by atoms with Gasteiger partial charge in [-0.05, 0) is 99.3 Å². The van der Waals surface area contributed by atoms with Gasteiger partial charge in [0.15, 0.2) is 5.82 Å². The molecule has 3 amide bonds. The molecule has 328 valence electrons. The van der Waals surface area contributed by atoms with Crippen LogP contribution in [0, 0.1) is 5.92 Å². The van der Waals surface area contributed by atoms with E-state index in [-0.39, 0.29) is 60.2 Å². The van der Waals surface area contributed by atoms with Crippen LogP contribution in [0.2, 0.25) is 0 Å². The summed E-state index contributed by atoms with van der Waals surface area (Å²) in [4.78, 5) is 37.8. The first kappa shape index (κ1) is 42.7. The number of fused-ring (bicyclic) bond motifs is 1. The van der Waals surface area contributed by atoms with Crippen LogP contribution in [0.15, 0.2) is 59.8 Å². The average molecular weight is 877 g/mol. The zero-order valence-electron chi connectivity index (χ0n) is 33.1. The molecule has 0 atom stereocenters. The van der Waals surface area contributed by atoms with E-state index < -0.39 is 46.4 Å². The molecule has 0 unspecified atom stereocenters. The molecule has 0 saturated carbocycles. The number of aromatic nitrogens is 4. The fraction of sp³-hybridized carbons (Fsp3) is 0.525. The number of likely N-dealkylation sites (tertiary alicyclic amines) is 1. The Bertz CT molecular complexity index is 2340. The number of hydrogen-bond acceptors (Lipinski definition) is 10. The van der Waals surface area contributed by atoms with Gasteiger partial charge in [0, 0.05) is 75.2 Å². The molecular formula is C40H46F6N10O4S. The number of nitrogens with one attached hydrogen (secondary N) is 2. The Hall–Kier alpha value is -5.02. The zero-order valence-corrected chi connectivity index (χ0v) is 33.9. The highest BCUT2D eigenvalue weighted by Gasteiger charge is 2.35. The topological polar surface area (TPSA) is 149 Å². The number of carbonyl (C=O) groups excluding carboxylic acids is 2. The minimum atomic E-state index is -4.53. The number of urea groups is 1. The minimum absolute atomic E-state index is 0.0246. The summed E-state index contributed by atoms with van der Waals surface area (Å²) in [5, 5.41) is 9.84. The number of halogens is 6. The predicted molar refractivity (Wildman–Crippen MR) is 214 cm³/mol. The summed E-state index contributed by atoms with van der Waals surface area (Å²) in [6.07, 6.45) is -3.17. The van der Waals surface area contributed by atoms with Crippen LogP contribution in [0.25, 0.3) is 10.9 Å². The molecule has 4 aliphatic heterocycles. The molecule has 0 spiro atoms. The second-order valence-corrected chi connectivity index (χ2v) is 18.2. The zero-order chi connectivity index (χ0) is 43.1. The number of rotatable bonds is 10. The van der Waals surface area contributed by atoms with Crippen LogP contribution in [0.3, 0.4) is 0 Å². The van der Waals surface area contributed by atoms with E-state index in [1.54, 1.807) is 30.3 Å². The minimum Gasteiger partial charge on any atom is -0.371 e. The van der Waals surface area contributed by atoms with Crippen LogP contribution in [0.4, 0.5) is 48.6 Å². The van der Waals surface area contributed by atoms with E-state index in [4.69, 9.17) is 0 Å². The molecule has 4 aliphatic rings. The van der Waals surface area contributed by atoms with Crippen molar-refractivity contribution < 1.29 is 44.3 Å². The monoisotopic (exact) mass is 876 g/mol. The third kappa shape index (κ3) is 9.72. The summed E-state index contributed by atoms with van der Waals surface area (Å²) >= 11 is 0. The molecule has 2 N–H and O–H groups in total. The lowest BCUT2D eigenvalue weighted by Crippen LogP contribution is -2.49. The van der Waals surface area contributed by atoms with Gasteiger partial charge in [-0.3, -0.25) is 19.7 Å². The second-order valence-electron chi connectivity index (χ2n) is 16.2. The van der Waals surface area contributed by atoms with E-state index in [9.17, 15) is 44.3 Å². The fourth-order valence-electron chi connectivity index (χ4n) is 8.83. The van der Waals surface area contributed by atoms with Crippen molar-refractivity contribution in [2.24, 2.45) is 5.92 Å². The summed E-state index contributed by atoms with van der Waals surface area (Å²) in [5.41, 5.74) is 1.11. The molecule has 2 aromatic heterocycles.